The molecule has 0 aromatic heterocycles. The molecule has 3 aromatic rings. The van der Waals surface area contributed by atoms with Crippen molar-refractivity contribution in [3.8, 4) is 22.3 Å². The Hall–Kier alpha value is -1.37. The fourth-order valence-electron chi connectivity index (χ4n) is 2.46. The van der Waals surface area contributed by atoms with E-state index in [1.807, 2.05) is 24.3 Å². The number of hydrogen-bond acceptors (Lipinski definition) is 0. The van der Waals surface area contributed by atoms with Gasteiger partial charge in [-0.05, 0) is 6.92 Å². The van der Waals surface area contributed by atoms with Crippen molar-refractivity contribution in [2.45, 2.75) is 27.7 Å². The van der Waals surface area contributed by atoms with Crippen LogP contribution in [0.2, 0.25) is 0 Å². The molecular weight excluding hydrogens is 377 g/mol. The van der Waals surface area contributed by atoms with Gasteiger partial charge < -0.3 is 5.92 Å². The summed E-state index contributed by atoms with van der Waals surface area (Å²) in [5, 5.41) is 0. The van der Waals surface area contributed by atoms with Crippen LogP contribution in [-0.4, -0.2) is 0 Å². The first-order valence-electron chi connectivity index (χ1n) is 8.25. The van der Waals surface area contributed by atoms with Crippen LogP contribution in [0, 0.1) is 25.8 Å². The van der Waals surface area contributed by atoms with Crippen molar-refractivity contribution in [3.05, 3.63) is 96.8 Å². The van der Waals surface area contributed by atoms with Crippen molar-refractivity contribution in [1.82, 2.24) is 0 Å². The molecule has 3 aromatic carbocycles. The molecule has 0 aliphatic heterocycles. The van der Waals surface area contributed by atoms with Crippen molar-refractivity contribution < 1.29 is 32.7 Å². The van der Waals surface area contributed by atoms with E-state index in [0.29, 0.717) is 0 Å². The van der Waals surface area contributed by atoms with E-state index in [-0.39, 0.29) is 32.7 Å². The van der Waals surface area contributed by atoms with Crippen molar-refractivity contribution in [2.75, 3.05) is 0 Å². The first-order chi connectivity index (χ1) is 11.5. The maximum Gasteiger partial charge on any atom is 3.00 e. The molecule has 0 heterocycles. The van der Waals surface area contributed by atoms with E-state index < -0.39 is 0 Å². The van der Waals surface area contributed by atoms with Gasteiger partial charge in [-0.1, -0.05) is 29.8 Å². The molecule has 0 nitrogen and oxygen atoms in total. The molecule has 0 saturated heterocycles. The minimum absolute atomic E-state index is 0. The second-order valence-corrected chi connectivity index (χ2v) is 6.48. The summed E-state index contributed by atoms with van der Waals surface area (Å²) in [6.07, 6.45) is 0. The average Bonchev–Trinajstić information content (AvgIpc) is 2.55. The van der Waals surface area contributed by atoms with E-state index in [1.165, 1.54) is 28.2 Å². The van der Waals surface area contributed by atoms with Crippen LogP contribution in [0.15, 0.2) is 66.7 Å². The van der Waals surface area contributed by atoms with Crippen molar-refractivity contribution >= 4 is 0 Å². The first-order valence-corrected chi connectivity index (χ1v) is 8.25. The van der Waals surface area contributed by atoms with E-state index in [9.17, 15) is 0 Å². The Morgan fingerprint density at radius 3 is 2.04 bits per heavy atom. The maximum absolute atomic E-state index is 4.15. The summed E-state index contributed by atoms with van der Waals surface area (Å²) < 4.78 is 0. The van der Waals surface area contributed by atoms with Gasteiger partial charge in [0.2, 0.25) is 0 Å². The predicted octanol–water partition coefficient (Wildman–Crippen LogP) is 6.93. The van der Waals surface area contributed by atoms with Crippen molar-refractivity contribution in [3.63, 3.8) is 0 Å². The minimum Gasteiger partial charge on any atom is -0.323 e. The van der Waals surface area contributed by atoms with E-state index in [1.54, 1.807) is 0 Å². The van der Waals surface area contributed by atoms with Crippen molar-refractivity contribution in [1.29, 1.82) is 0 Å². The first kappa shape index (κ1) is 21.7. The van der Waals surface area contributed by atoms with Crippen LogP contribution < -0.4 is 0 Å². The van der Waals surface area contributed by atoms with Gasteiger partial charge in [-0.25, -0.2) is 0 Å². The molecule has 0 radical (unpaired) electrons. The average molecular weight is 402 g/mol. The summed E-state index contributed by atoms with van der Waals surface area (Å²) in [5.41, 5.74) is 7.03. The number of rotatable bonds is 2. The van der Waals surface area contributed by atoms with Gasteiger partial charge in [0, 0.05) is 0 Å². The van der Waals surface area contributed by atoms with Gasteiger partial charge in [-0.2, -0.15) is 39.3 Å². The number of hydrogen-bond donors (Lipinski definition) is 0. The quantitative estimate of drug-likeness (QED) is 0.408. The van der Waals surface area contributed by atoms with Gasteiger partial charge in [0.05, 0.1) is 0 Å². The molecule has 1 heteroatoms. The second-order valence-electron chi connectivity index (χ2n) is 6.48. The Bertz CT molecular complexity index is 770. The normalized spacial score (nSPS) is 9.80. The van der Waals surface area contributed by atoms with Gasteiger partial charge in [-0.15, -0.1) is 64.7 Å². The van der Waals surface area contributed by atoms with E-state index in [0.717, 1.165) is 11.1 Å². The summed E-state index contributed by atoms with van der Waals surface area (Å²) in [6.45, 7) is 12.5. The largest absolute Gasteiger partial charge is 3.00 e. The topological polar surface area (TPSA) is 0 Å². The fourth-order valence-corrected chi connectivity index (χ4v) is 2.46. The van der Waals surface area contributed by atoms with Crippen LogP contribution in [0.5, 0.6) is 0 Å². The Morgan fingerprint density at radius 2 is 1.44 bits per heavy atom. The van der Waals surface area contributed by atoms with Crippen LogP contribution >= 0.6 is 0 Å². The Balaban J connectivity index is 0.000000568. The SMILES string of the molecule is C[C-](C)C.[CH2-]c1ccccc1-c1cc(C)ccc1-c1[c-]cccc1.[Y+3]. The monoisotopic (exact) mass is 402 g/mol. The van der Waals surface area contributed by atoms with Crippen LogP contribution in [0.4, 0.5) is 0 Å². The molecule has 0 N–H and O–H groups in total. The molecule has 0 spiro atoms. The molecule has 0 atom stereocenters. The zero-order chi connectivity index (χ0) is 17.5. The third kappa shape index (κ3) is 6.46. The van der Waals surface area contributed by atoms with E-state index >= 15 is 0 Å². The van der Waals surface area contributed by atoms with Crippen LogP contribution in [-0.2, 0) is 32.7 Å². The van der Waals surface area contributed by atoms with Crippen LogP contribution in [0.3, 0.4) is 0 Å². The van der Waals surface area contributed by atoms with Crippen LogP contribution in [0.1, 0.15) is 31.9 Å². The van der Waals surface area contributed by atoms with Crippen molar-refractivity contribution in [2.24, 2.45) is 0 Å². The summed E-state index contributed by atoms with van der Waals surface area (Å²) in [4.78, 5) is 0. The van der Waals surface area contributed by atoms with Gasteiger partial charge in [0.25, 0.3) is 0 Å². The maximum atomic E-state index is 4.15. The number of benzene rings is 3. The van der Waals surface area contributed by atoms with Gasteiger partial charge in [-0.3, -0.25) is 0 Å². The molecule has 0 bridgehead atoms. The molecule has 0 saturated carbocycles. The zero-order valence-electron chi connectivity index (χ0n) is 15.6. The molecular formula is C24H25Y. The summed E-state index contributed by atoms with van der Waals surface area (Å²) in [5.74, 6) is 1.42. The third-order valence-corrected chi connectivity index (χ3v) is 3.48. The molecule has 0 amide bonds. The summed E-state index contributed by atoms with van der Waals surface area (Å²) in [6, 6.07) is 26.2. The molecule has 0 aliphatic carbocycles. The smallest absolute Gasteiger partial charge is 0.323 e. The van der Waals surface area contributed by atoms with Crippen LogP contribution in [0.25, 0.3) is 22.3 Å². The van der Waals surface area contributed by atoms with E-state index in [2.05, 4.69) is 83.1 Å². The molecule has 0 fully saturated rings. The molecule has 0 unspecified atom stereocenters. The Labute approximate surface area is 178 Å². The number of aryl methyl sites for hydroxylation is 1. The predicted molar refractivity (Wildman–Crippen MR) is 106 cm³/mol. The van der Waals surface area contributed by atoms with Gasteiger partial charge in [0.1, 0.15) is 0 Å². The Morgan fingerprint density at radius 1 is 0.800 bits per heavy atom. The van der Waals surface area contributed by atoms with Gasteiger partial charge >= 0.3 is 32.7 Å². The minimum atomic E-state index is 0. The molecule has 3 rings (SSSR count). The van der Waals surface area contributed by atoms with E-state index in [4.69, 9.17) is 0 Å². The van der Waals surface area contributed by atoms with Gasteiger partial charge in [0.15, 0.2) is 0 Å². The zero-order valence-corrected chi connectivity index (χ0v) is 18.5. The molecule has 124 valence electrons. The molecule has 0 aliphatic rings. The summed E-state index contributed by atoms with van der Waals surface area (Å²) in [7, 11) is 0. The third-order valence-electron chi connectivity index (χ3n) is 3.48. The fraction of sp³-hybridized carbons (Fsp3) is 0.167. The molecule has 25 heavy (non-hydrogen) atoms. The Kier molecular flexibility index (Phi) is 9.18. The second kappa shape index (κ2) is 10.6. The standard InChI is InChI=1S/C20H16.C4H9.Y/c1-15-12-13-19(17-9-4-3-5-10-17)20(14-15)18-11-7-6-8-16(18)2;1-4(2)3;/h3-9,11-14H,2H2,1H3;1-3H3;/q-2;-1;+3. The summed E-state index contributed by atoms with van der Waals surface area (Å²) >= 11 is 0.